The molecule has 0 saturated heterocycles. The van der Waals surface area contributed by atoms with Gasteiger partial charge in [-0.05, 0) is 89.8 Å². The summed E-state index contributed by atoms with van der Waals surface area (Å²) < 4.78 is 36.3. The van der Waals surface area contributed by atoms with Crippen LogP contribution >= 0.6 is 38.6 Å². The first kappa shape index (κ1) is 28.6. The first-order chi connectivity index (χ1) is 19.8. The Morgan fingerprint density at radius 1 is 0.707 bits per heavy atom. The summed E-state index contributed by atoms with van der Waals surface area (Å²) in [5.74, 6) is -0.158. The fourth-order valence-electron chi connectivity index (χ4n) is 4.03. The molecule has 0 N–H and O–H groups in total. The number of furan rings is 2. The molecule has 0 bridgehead atoms. The summed E-state index contributed by atoms with van der Waals surface area (Å²) in [7, 11) is 0. The molecule has 0 amide bonds. The normalized spacial score (nSPS) is 10.7. The van der Waals surface area contributed by atoms with Gasteiger partial charge in [-0.25, -0.2) is 8.78 Å². The van der Waals surface area contributed by atoms with Crippen molar-refractivity contribution in [2.45, 2.75) is 12.3 Å². The predicted octanol–water partition coefficient (Wildman–Crippen LogP) is 9.96. The zero-order valence-electron chi connectivity index (χ0n) is 21.5. The van der Waals surface area contributed by atoms with E-state index in [1.54, 1.807) is 48.5 Å². The van der Waals surface area contributed by atoms with E-state index in [1.165, 1.54) is 59.5 Å². The van der Waals surface area contributed by atoms with Gasteiger partial charge in [-0.15, -0.1) is 22.7 Å². The van der Waals surface area contributed by atoms with Crippen molar-refractivity contribution < 1.29 is 27.2 Å². The van der Waals surface area contributed by atoms with Crippen LogP contribution < -0.4 is 0 Å². The van der Waals surface area contributed by atoms with Gasteiger partial charge in [0.25, 0.3) is 0 Å². The minimum atomic E-state index is -0.275. The minimum absolute atomic E-state index is 0.128. The molecule has 6 aromatic rings. The van der Waals surface area contributed by atoms with Crippen molar-refractivity contribution in [3.63, 3.8) is 0 Å². The zero-order chi connectivity index (χ0) is 28.9. The summed E-state index contributed by atoms with van der Waals surface area (Å²) >= 11 is 6.21. The molecule has 0 saturated carbocycles. The SMILES string of the molecule is Cc1cc(C(=O)c2ccco2)sc1-c1ccc(F)cc1.O=C(c1ccco1)c1cc(CBr)c(-c2ccc(F)cc2)s1. The van der Waals surface area contributed by atoms with Crippen molar-refractivity contribution in [3.05, 3.63) is 141 Å². The predicted molar refractivity (Wildman–Crippen MR) is 161 cm³/mol. The van der Waals surface area contributed by atoms with Crippen LogP contribution in [0, 0.1) is 18.6 Å². The Labute approximate surface area is 251 Å². The van der Waals surface area contributed by atoms with E-state index in [9.17, 15) is 18.4 Å². The minimum Gasteiger partial charge on any atom is -0.461 e. The van der Waals surface area contributed by atoms with E-state index in [2.05, 4.69) is 15.9 Å². The Kier molecular flexibility index (Phi) is 8.87. The van der Waals surface area contributed by atoms with Crippen LogP contribution in [0.3, 0.4) is 0 Å². The Balaban J connectivity index is 0.000000165. The number of carbonyl (C=O) groups excluding carboxylic acids is 2. The second kappa shape index (κ2) is 12.7. The van der Waals surface area contributed by atoms with Gasteiger partial charge in [0.05, 0.1) is 22.3 Å². The van der Waals surface area contributed by atoms with Crippen LogP contribution in [-0.4, -0.2) is 11.6 Å². The zero-order valence-corrected chi connectivity index (χ0v) is 24.7. The summed E-state index contributed by atoms with van der Waals surface area (Å²) in [4.78, 5) is 27.7. The smallest absolute Gasteiger partial charge is 0.238 e. The number of aryl methyl sites for hydroxylation is 1. The Morgan fingerprint density at radius 2 is 1.17 bits per heavy atom. The average Bonchev–Trinajstić information content (AvgIpc) is 3.80. The quantitative estimate of drug-likeness (QED) is 0.127. The van der Waals surface area contributed by atoms with Crippen LogP contribution in [0.5, 0.6) is 0 Å². The van der Waals surface area contributed by atoms with Crippen LogP contribution in [0.4, 0.5) is 8.78 Å². The van der Waals surface area contributed by atoms with E-state index in [-0.39, 0.29) is 23.2 Å². The second-order valence-electron chi connectivity index (χ2n) is 8.85. The highest BCUT2D eigenvalue weighted by atomic mass is 79.9. The third kappa shape index (κ3) is 6.53. The number of carbonyl (C=O) groups is 2. The van der Waals surface area contributed by atoms with E-state index >= 15 is 0 Å². The van der Waals surface area contributed by atoms with Crippen molar-refractivity contribution in [1.82, 2.24) is 0 Å². The van der Waals surface area contributed by atoms with Crippen molar-refractivity contribution >= 4 is 50.2 Å². The van der Waals surface area contributed by atoms with Gasteiger partial charge in [0.2, 0.25) is 11.6 Å². The number of hydrogen-bond donors (Lipinski definition) is 0. The number of ketones is 2. The molecule has 0 aliphatic heterocycles. The van der Waals surface area contributed by atoms with E-state index in [1.807, 2.05) is 19.1 Å². The Morgan fingerprint density at radius 3 is 1.63 bits per heavy atom. The van der Waals surface area contributed by atoms with Crippen molar-refractivity contribution in [2.24, 2.45) is 0 Å². The summed E-state index contributed by atoms with van der Waals surface area (Å²) in [5.41, 5.74) is 3.81. The van der Waals surface area contributed by atoms with Gasteiger partial charge in [-0.2, -0.15) is 0 Å². The molecule has 206 valence electrons. The molecule has 0 aliphatic carbocycles. The standard InChI is InChI=1S/C16H10BrFO2S.C16H11FO2S/c17-9-11-8-14(15(19)13-2-1-7-20-13)21-16(11)10-3-5-12(18)6-4-10;1-10-9-14(15(18)13-3-2-8-19-13)20-16(10)11-4-6-12(17)7-5-11/h1-8H,9H2;2-9H,1H3. The maximum absolute atomic E-state index is 13.0. The number of rotatable bonds is 7. The van der Waals surface area contributed by atoms with E-state index < -0.39 is 0 Å². The molecule has 9 heteroatoms. The topological polar surface area (TPSA) is 60.4 Å². The van der Waals surface area contributed by atoms with Crippen molar-refractivity contribution in [1.29, 1.82) is 0 Å². The molecule has 41 heavy (non-hydrogen) atoms. The molecule has 0 radical (unpaired) electrons. The maximum Gasteiger partial charge on any atom is 0.238 e. The number of benzene rings is 2. The van der Waals surface area contributed by atoms with Gasteiger partial charge < -0.3 is 8.83 Å². The van der Waals surface area contributed by atoms with Crippen molar-refractivity contribution in [3.8, 4) is 20.9 Å². The lowest BCUT2D eigenvalue weighted by atomic mass is 10.1. The van der Waals surface area contributed by atoms with E-state index in [4.69, 9.17) is 8.83 Å². The van der Waals surface area contributed by atoms with E-state index in [0.717, 1.165) is 32.0 Å². The molecule has 0 spiro atoms. The fraction of sp³-hybridized carbons (Fsp3) is 0.0625. The van der Waals surface area contributed by atoms with Crippen LogP contribution in [0.25, 0.3) is 20.9 Å². The molecular weight excluding hydrogens is 630 g/mol. The summed E-state index contributed by atoms with van der Waals surface area (Å²) in [6.07, 6.45) is 2.96. The molecule has 4 heterocycles. The summed E-state index contributed by atoms with van der Waals surface area (Å²) in [5, 5.41) is 0.627. The monoisotopic (exact) mass is 650 g/mol. The summed E-state index contributed by atoms with van der Waals surface area (Å²) in [6, 6.07) is 22.9. The lowest BCUT2D eigenvalue weighted by Crippen LogP contribution is -1.95. The largest absolute Gasteiger partial charge is 0.461 e. The van der Waals surface area contributed by atoms with Gasteiger partial charge in [-0.1, -0.05) is 40.2 Å². The molecule has 4 nitrogen and oxygen atoms in total. The summed E-state index contributed by atoms with van der Waals surface area (Å²) in [6.45, 7) is 1.94. The molecule has 0 aliphatic rings. The molecule has 6 rings (SSSR count). The van der Waals surface area contributed by atoms with Gasteiger partial charge >= 0.3 is 0 Å². The number of hydrogen-bond acceptors (Lipinski definition) is 6. The van der Waals surface area contributed by atoms with Crippen LogP contribution in [0.1, 0.15) is 42.0 Å². The molecule has 0 atom stereocenters. The molecule has 0 fully saturated rings. The molecular formula is C32H21BrF2O4S2. The fourth-order valence-corrected chi connectivity index (χ4v) is 6.91. The van der Waals surface area contributed by atoms with Crippen molar-refractivity contribution in [2.75, 3.05) is 0 Å². The number of alkyl halides is 1. The van der Waals surface area contributed by atoms with Gasteiger partial charge in [0.15, 0.2) is 11.5 Å². The number of halogens is 3. The highest BCUT2D eigenvalue weighted by molar-refractivity contribution is 9.08. The Bertz CT molecular complexity index is 1770. The maximum atomic E-state index is 13.0. The average molecular weight is 652 g/mol. The molecule has 2 aromatic carbocycles. The van der Waals surface area contributed by atoms with E-state index in [0.29, 0.717) is 26.6 Å². The number of thiophene rings is 2. The molecule has 0 unspecified atom stereocenters. The lowest BCUT2D eigenvalue weighted by Gasteiger charge is -2.00. The third-order valence-electron chi connectivity index (χ3n) is 6.02. The molecule has 4 aromatic heterocycles. The lowest BCUT2D eigenvalue weighted by molar-refractivity contribution is 0.101. The third-order valence-corrected chi connectivity index (χ3v) is 9.14. The highest BCUT2D eigenvalue weighted by Crippen LogP contribution is 2.36. The van der Waals surface area contributed by atoms with Crippen LogP contribution in [-0.2, 0) is 5.33 Å². The first-order valence-electron chi connectivity index (χ1n) is 12.3. The van der Waals surface area contributed by atoms with Crippen LogP contribution in [0.15, 0.2) is 106 Å². The first-order valence-corrected chi connectivity index (χ1v) is 15.1. The Hall–Kier alpha value is -3.92. The highest BCUT2D eigenvalue weighted by Gasteiger charge is 2.19. The van der Waals surface area contributed by atoms with Gasteiger partial charge in [-0.3, -0.25) is 9.59 Å². The van der Waals surface area contributed by atoms with Crippen LogP contribution in [0.2, 0.25) is 0 Å². The second-order valence-corrected chi connectivity index (χ2v) is 11.5. The van der Waals surface area contributed by atoms with Gasteiger partial charge in [0.1, 0.15) is 11.6 Å². The van der Waals surface area contributed by atoms with Gasteiger partial charge in [0, 0.05) is 15.1 Å².